The summed E-state index contributed by atoms with van der Waals surface area (Å²) in [7, 11) is -3.57. The Bertz CT molecular complexity index is 572. The third-order valence-corrected chi connectivity index (χ3v) is 3.60. The summed E-state index contributed by atoms with van der Waals surface area (Å²) in [6.45, 7) is 3.45. The first kappa shape index (κ1) is 15.5. The molecule has 1 N–H and O–H groups in total. The van der Waals surface area contributed by atoms with Gasteiger partial charge in [-0.05, 0) is 18.2 Å². The molecule has 1 aromatic carbocycles. The van der Waals surface area contributed by atoms with Gasteiger partial charge in [-0.2, -0.15) is 0 Å². The number of anilines is 1. The van der Waals surface area contributed by atoms with Gasteiger partial charge in [-0.3, -0.25) is 9.10 Å². The molecule has 1 aromatic rings. The van der Waals surface area contributed by atoms with E-state index in [0.717, 1.165) is 10.6 Å². The van der Waals surface area contributed by atoms with Crippen molar-refractivity contribution in [3.05, 3.63) is 41.9 Å². The van der Waals surface area contributed by atoms with E-state index in [9.17, 15) is 13.2 Å². The summed E-state index contributed by atoms with van der Waals surface area (Å²) in [6, 6.07) is 6.32. The zero-order valence-electron chi connectivity index (χ0n) is 10.5. The molecule has 0 spiro atoms. The molecule has 7 heteroatoms. The summed E-state index contributed by atoms with van der Waals surface area (Å²) in [5.74, 6) is -0.412. The molecule has 0 atom stereocenters. The first-order valence-electron chi connectivity index (χ1n) is 5.45. The molecule has 0 aliphatic heterocycles. The number of nitrogens with zero attached hydrogens (tertiary/aromatic N) is 1. The maximum absolute atomic E-state index is 11.7. The summed E-state index contributed by atoms with van der Waals surface area (Å²) in [4.78, 5) is 11.6. The van der Waals surface area contributed by atoms with E-state index in [2.05, 4.69) is 11.9 Å². The number of amides is 1. The molecule has 0 aliphatic carbocycles. The van der Waals surface area contributed by atoms with Crippen LogP contribution in [0.25, 0.3) is 0 Å². The zero-order chi connectivity index (χ0) is 14.5. The smallest absolute Gasteiger partial charge is 0.241 e. The number of hydrogen-bond acceptors (Lipinski definition) is 3. The SMILES string of the molecule is C=CCNC(=O)CN(c1cccc(Cl)c1)S(C)(=O)=O. The van der Waals surface area contributed by atoms with Gasteiger partial charge in [0.05, 0.1) is 11.9 Å². The Morgan fingerprint density at radius 2 is 2.21 bits per heavy atom. The molecule has 19 heavy (non-hydrogen) atoms. The lowest BCUT2D eigenvalue weighted by molar-refractivity contribution is -0.119. The summed E-state index contributed by atoms with van der Waals surface area (Å²) >= 11 is 5.82. The lowest BCUT2D eigenvalue weighted by Crippen LogP contribution is -2.40. The maximum atomic E-state index is 11.7. The molecule has 104 valence electrons. The summed E-state index contributed by atoms with van der Waals surface area (Å²) in [6.07, 6.45) is 2.55. The molecule has 5 nitrogen and oxygen atoms in total. The van der Waals surface area contributed by atoms with Crippen LogP contribution in [0.1, 0.15) is 0 Å². The summed E-state index contributed by atoms with van der Waals surface area (Å²) in [5, 5.41) is 2.92. The second-order valence-electron chi connectivity index (χ2n) is 3.84. The second kappa shape index (κ2) is 6.58. The van der Waals surface area contributed by atoms with Crippen molar-refractivity contribution in [1.82, 2.24) is 5.32 Å². The van der Waals surface area contributed by atoms with Gasteiger partial charge in [-0.1, -0.05) is 23.7 Å². The van der Waals surface area contributed by atoms with Crippen LogP contribution in [0.5, 0.6) is 0 Å². The van der Waals surface area contributed by atoms with Crippen LogP contribution < -0.4 is 9.62 Å². The Hall–Kier alpha value is -1.53. The van der Waals surface area contributed by atoms with Gasteiger partial charge in [-0.25, -0.2) is 8.42 Å². The highest BCUT2D eigenvalue weighted by Gasteiger charge is 2.20. The largest absolute Gasteiger partial charge is 0.351 e. The van der Waals surface area contributed by atoms with Crippen molar-refractivity contribution < 1.29 is 13.2 Å². The molecule has 0 aliphatic rings. The minimum Gasteiger partial charge on any atom is -0.351 e. The molecule has 0 unspecified atom stereocenters. The van der Waals surface area contributed by atoms with Crippen LogP contribution in [0.4, 0.5) is 5.69 Å². The van der Waals surface area contributed by atoms with Crippen molar-refractivity contribution in [3.8, 4) is 0 Å². The van der Waals surface area contributed by atoms with Crippen molar-refractivity contribution in [2.75, 3.05) is 23.7 Å². The van der Waals surface area contributed by atoms with Gasteiger partial charge in [0.1, 0.15) is 6.54 Å². The van der Waals surface area contributed by atoms with E-state index in [0.29, 0.717) is 10.7 Å². The Morgan fingerprint density at radius 3 is 2.74 bits per heavy atom. The number of carbonyl (C=O) groups excluding carboxylic acids is 1. The minimum atomic E-state index is -3.57. The van der Waals surface area contributed by atoms with E-state index >= 15 is 0 Å². The average Bonchev–Trinajstić information content (AvgIpc) is 2.32. The van der Waals surface area contributed by atoms with Crippen LogP contribution in [0.3, 0.4) is 0 Å². The van der Waals surface area contributed by atoms with E-state index in [4.69, 9.17) is 11.6 Å². The molecule has 1 rings (SSSR count). The molecular formula is C12H15ClN2O3S. The topological polar surface area (TPSA) is 66.5 Å². The van der Waals surface area contributed by atoms with Gasteiger partial charge in [-0.15, -0.1) is 6.58 Å². The standard InChI is InChI=1S/C12H15ClN2O3S/c1-3-7-14-12(16)9-15(19(2,17)18)11-6-4-5-10(13)8-11/h3-6,8H,1,7,9H2,2H3,(H,14,16). The molecule has 0 heterocycles. The van der Waals surface area contributed by atoms with E-state index in [-0.39, 0.29) is 13.1 Å². The van der Waals surface area contributed by atoms with Crippen LogP contribution >= 0.6 is 11.6 Å². The van der Waals surface area contributed by atoms with Crippen LogP contribution in [-0.4, -0.2) is 33.7 Å². The Balaban J connectivity index is 2.97. The molecule has 0 aromatic heterocycles. The fourth-order valence-electron chi connectivity index (χ4n) is 1.40. The highest BCUT2D eigenvalue weighted by molar-refractivity contribution is 7.92. The van der Waals surface area contributed by atoms with E-state index < -0.39 is 15.9 Å². The minimum absolute atomic E-state index is 0.284. The number of benzene rings is 1. The number of nitrogens with one attached hydrogen (secondary N) is 1. The van der Waals surface area contributed by atoms with Crippen molar-refractivity contribution >= 4 is 33.2 Å². The molecular weight excluding hydrogens is 288 g/mol. The van der Waals surface area contributed by atoms with Crippen LogP contribution in [-0.2, 0) is 14.8 Å². The van der Waals surface area contributed by atoms with Crippen LogP contribution in [0.15, 0.2) is 36.9 Å². The zero-order valence-corrected chi connectivity index (χ0v) is 12.0. The highest BCUT2D eigenvalue weighted by Crippen LogP contribution is 2.21. The van der Waals surface area contributed by atoms with Gasteiger partial charge in [0.2, 0.25) is 15.9 Å². The van der Waals surface area contributed by atoms with Gasteiger partial charge in [0, 0.05) is 11.6 Å². The first-order chi connectivity index (χ1) is 8.84. The summed E-state index contributed by atoms with van der Waals surface area (Å²) < 4.78 is 24.5. The van der Waals surface area contributed by atoms with Crippen molar-refractivity contribution in [3.63, 3.8) is 0 Å². The fraction of sp³-hybridized carbons (Fsp3) is 0.250. The lowest BCUT2D eigenvalue weighted by atomic mass is 10.3. The summed E-state index contributed by atoms with van der Waals surface area (Å²) in [5.41, 5.74) is 0.351. The van der Waals surface area contributed by atoms with E-state index in [1.807, 2.05) is 0 Å². The predicted octanol–water partition coefficient (Wildman–Crippen LogP) is 1.41. The normalized spacial score (nSPS) is 10.8. The number of hydrogen-bond donors (Lipinski definition) is 1. The molecule has 0 saturated heterocycles. The first-order valence-corrected chi connectivity index (χ1v) is 7.68. The third-order valence-electron chi connectivity index (χ3n) is 2.23. The van der Waals surface area contributed by atoms with Crippen LogP contribution in [0, 0.1) is 0 Å². The van der Waals surface area contributed by atoms with E-state index in [1.54, 1.807) is 18.2 Å². The number of rotatable bonds is 6. The maximum Gasteiger partial charge on any atom is 0.241 e. The Kier molecular flexibility index (Phi) is 5.38. The fourth-order valence-corrected chi connectivity index (χ4v) is 2.44. The van der Waals surface area contributed by atoms with Crippen LogP contribution in [0.2, 0.25) is 5.02 Å². The lowest BCUT2D eigenvalue weighted by Gasteiger charge is -2.21. The molecule has 0 fully saturated rings. The number of halogens is 1. The van der Waals surface area contributed by atoms with Gasteiger partial charge < -0.3 is 5.32 Å². The Morgan fingerprint density at radius 1 is 1.53 bits per heavy atom. The highest BCUT2D eigenvalue weighted by atomic mass is 35.5. The molecule has 1 amide bonds. The predicted molar refractivity (Wildman–Crippen MR) is 76.8 cm³/mol. The second-order valence-corrected chi connectivity index (χ2v) is 6.19. The Labute approximate surface area is 117 Å². The third kappa shape index (κ3) is 4.92. The van der Waals surface area contributed by atoms with Gasteiger partial charge in [0.25, 0.3) is 0 Å². The van der Waals surface area contributed by atoms with E-state index in [1.165, 1.54) is 12.1 Å². The quantitative estimate of drug-likeness (QED) is 0.808. The molecule has 0 saturated carbocycles. The monoisotopic (exact) mass is 302 g/mol. The van der Waals surface area contributed by atoms with Gasteiger partial charge in [0.15, 0.2) is 0 Å². The van der Waals surface area contributed by atoms with Gasteiger partial charge >= 0.3 is 0 Å². The molecule has 0 radical (unpaired) electrons. The number of carbonyl (C=O) groups is 1. The van der Waals surface area contributed by atoms with Crippen molar-refractivity contribution in [1.29, 1.82) is 0 Å². The van der Waals surface area contributed by atoms with Crippen molar-refractivity contribution in [2.45, 2.75) is 0 Å². The van der Waals surface area contributed by atoms with Crippen molar-refractivity contribution in [2.24, 2.45) is 0 Å². The average molecular weight is 303 g/mol. The number of sulfonamides is 1. The molecule has 0 bridgehead atoms.